The van der Waals surface area contributed by atoms with Crippen molar-refractivity contribution in [1.82, 2.24) is 4.57 Å². The molecule has 1 aromatic heterocycles. The van der Waals surface area contributed by atoms with Gasteiger partial charge in [0.2, 0.25) is 0 Å². The summed E-state index contributed by atoms with van der Waals surface area (Å²) in [6.07, 6.45) is 4.17. The Morgan fingerprint density at radius 3 is 2.50 bits per heavy atom. The van der Waals surface area contributed by atoms with Crippen LogP contribution < -0.4 is 14.3 Å². The summed E-state index contributed by atoms with van der Waals surface area (Å²) in [6.45, 7) is 0.892. The van der Waals surface area contributed by atoms with E-state index in [0.29, 0.717) is 29.5 Å². The molecule has 32 heavy (non-hydrogen) atoms. The lowest BCUT2D eigenvalue weighted by atomic mass is 10.2. The number of nitrogens with zero attached hydrogens (tertiary/aromatic N) is 2. The Morgan fingerprint density at radius 1 is 1.09 bits per heavy atom. The average Bonchev–Trinajstić information content (AvgIpc) is 3.11. The summed E-state index contributed by atoms with van der Waals surface area (Å²) in [4.78, 5) is 17.5. The standard InChI is InChI=1S/C22H24N2O6S2/c1-28-12-11-24-17-8-7-16(32(4,26)27)14-20(17)31-22(24)23-21(25)10-6-15-5-9-18(29-2)19(13-15)30-3/h5-10,13-14H,11-12H2,1-4H3/b10-6-,23-22?. The highest BCUT2D eigenvalue weighted by molar-refractivity contribution is 7.90. The van der Waals surface area contributed by atoms with E-state index in [-0.39, 0.29) is 4.90 Å². The Morgan fingerprint density at radius 2 is 1.84 bits per heavy atom. The van der Waals surface area contributed by atoms with E-state index in [9.17, 15) is 13.2 Å². The second kappa shape index (κ2) is 10.1. The van der Waals surface area contributed by atoms with Gasteiger partial charge in [0.1, 0.15) is 0 Å². The van der Waals surface area contributed by atoms with Crippen LogP contribution in [0.15, 0.2) is 52.4 Å². The Hall–Kier alpha value is -2.95. The van der Waals surface area contributed by atoms with E-state index < -0.39 is 15.7 Å². The van der Waals surface area contributed by atoms with Gasteiger partial charge >= 0.3 is 0 Å². The zero-order chi connectivity index (χ0) is 23.3. The molecule has 170 valence electrons. The fourth-order valence-electron chi connectivity index (χ4n) is 3.02. The first-order valence-electron chi connectivity index (χ1n) is 9.58. The number of carbonyl (C=O) groups is 1. The number of aromatic nitrogens is 1. The predicted molar refractivity (Wildman–Crippen MR) is 124 cm³/mol. The fraction of sp³-hybridized carbons (Fsp3) is 0.273. The van der Waals surface area contributed by atoms with Crippen molar-refractivity contribution in [3.8, 4) is 11.5 Å². The molecule has 2 aromatic carbocycles. The number of amides is 1. The molecule has 8 nitrogen and oxygen atoms in total. The zero-order valence-corrected chi connectivity index (χ0v) is 19.8. The van der Waals surface area contributed by atoms with Crippen molar-refractivity contribution in [1.29, 1.82) is 0 Å². The topological polar surface area (TPSA) is 96.2 Å². The quantitative estimate of drug-likeness (QED) is 0.464. The first kappa shape index (κ1) is 23.7. The molecule has 0 saturated carbocycles. The summed E-state index contributed by atoms with van der Waals surface area (Å²) in [6, 6.07) is 10.2. The van der Waals surface area contributed by atoms with E-state index in [1.807, 2.05) is 4.57 Å². The molecule has 0 saturated heterocycles. The minimum Gasteiger partial charge on any atom is -0.493 e. The van der Waals surface area contributed by atoms with Gasteiger partial charge in [-0.05, 0) is 42.0 Å². The third-order valence-corrected chi connectivity index (χ3v) is 6.78. The summed E-state index contributed by atoms with van der Waals surface area (Å²) in [7, 11) is 1.34. The van der Waals surface area contributed by atoms with Crippen LogP contribution in [0.3, 0.4) is 0 Å². The van der Waals surface area contributed by atoms with Crippen molar-refractivity contribution in [3.05, 3.63) is 52.8 Å². The van der Waals surface area contributed by atoms with Gasteiger partial charge in [-0.25, -0.2) is 8.42 Å². The molecule has 0 atom stereocenters. The van der Waals surface area contributed by atoms with Crippen molar-refractivity contribution in [2.75, 3.05) is 34.2 Å². The normalized spacial score (nSPS) is 12.6. The van der Waals surface area contributed by atoms with Crippen molar-refractivity contribution < 1.29 is 27.4 Å². The van der Waals surface area contributed by atoms with Crippen LogP contribution in [0, 0.1) is 0 Å². The molecule has 0 aliphatic rings. The summed E-state index contributed by atoms with van der Waals surface area (Å²) in [5.41, 5.74) is 1.54. The summed E-state index contributed by atoms with van der Waals surface area (Å²) in [5.74, 6) is 0.710. The molecule has 10 heteroatoms. The van der Waals surface area contributed by atoms with Crippen LogP contribution in [0.1, 0.15) is 5.56 Å². The van der Waals surface area contributed by atoms with E-state index in [1.54, 1.807) is 63.8 Å². The van der Waals surface area contributed by atoms with Crippen molar-refractivity contribution in [2.45, 2.75) is 11.4 Å². The number of sulfone groups is 1. The maximum absolute atomic E-state index is 12.5. The third-order valence-electron chi connectivity index (χ3n) is 4.63. The second-order valence-electron chi connectivity index (χ2n) is 6.83. The van der Waals surface area contributed by atoms with Gasteiger partial charge in [-0.3, -0.25) is 4.79 Å². The number of ether oxygens (including phenoxy) is 3. The number of methoxy groups -OCH3 is 3. The number of hydrogen-bond acceptors (Lipinski definition) is 7. The maximum Gasteiger partial charge on any atom is 0.272 e. The van der Waals surface area contributed by atoms with Crippen LogP contribution in [0.2, 0.25) is 0 Å². The van der Waals surface area contributed by atoms with Crippen LogP contribution in [-0.2, 0) is 25.9 Å². The van der Waals surface area contributed by atoms with E-state index in [0.717, 1.165) is 22.0 Å². The van der Waals surface area contributed by atoms with Crippen molar-refractivity contribution in [2.24, 2.45) is 4.99 Å². The Kier molecular flexibility index (Phi) is 7.49. The average molecular weight is 477 g/mol. The van der Waals surface area contributed by atoms with Crippen molar-refractivity contribution in [3.63, 3.8) is 0 Å². The van der Waals surface area contributed by atoms with Crippen LogP contribution >= 0.6 is 11.3 Å². The molecule has 3 rings (SSSR count). The molecule has 0 aliphatic heterocycles. The van der Waals surface area contributed by atoms with Gasteiger partial charge in [-0.15, -0.1) is 0 Å². The van der Waals surface area contributed by atoms with Gasteiger partial charge in [0.25, 0.3) is 5.91 Å². The lowest BCUT2D eigenvalue weighted by molar-refractivity contribution is -0.113. The fourth-order valence-corrected chi connectivity index (χ4v) is 4.85. The molecule has 1 amide bonds. The number of thiazole rings is 1. The van der Waals surface area contributed by atoms with Crippen LogP contribution in [0.5, 0.6) is 11.5 Å². The minimum atomic E-state index is -3.34. The van der Waals surface area contributed by atoms with Crippen LogP contribution in [-0.4, -0.2) is 53.1 Å². The van der Waals surface area contributed by atoms with Gasteiger partial charge in [-0.1, -0.05) is 17.4 Å². The number of carbonyl (C=O) groups excluding carboxylic acids is 1. The molecule has 1 heterocycles. The number of benzene rings is 2. The van der Waals surface area contributed by atoms with Crippen LogP contribution in [0.4, 0.5) is 0 Å². The Bertz CT molecular complexity index is 1340. The number of hydrogen-bond donors (Lipinski definition) is 0. The molecular formula is C22H24N2O6S2. The maximum atomic E-state index is 12.5. The highest BCUT2D eigenvalue weighted by Gasteiger charge is 2.12. The van der Waals surface area contributed by atoms with E-state index in [4.69, 9.17) is 14.2 Å². The number of rotatable bonds is 8. The second-order valence-corrected chi connectivity index (χ2v) is 9.85. The molecule has 0 aliphatic carbocycles. The molecular weight excluding hydrogens is 452 g/mol. The SMILES string of the molecule is COCCn1c(=NC(=O)/C=C\c2ccc(OC)c(OC)c2)sc2cc(S(C)(=O)=O)ccc21. The minimum absolute atomic E-state index is 0.219. The molecule has 0 spiro atoms. The summed E-state index contributed by atoms with van der Waals surface area (Å²) >= 11 is 1.25. The molecule has 0 fully saturated rings. The first-order valence-corrected chi connectivity index (χ1v) is 12.3. The van der Waals surface area contributed by atoms with Gasteiger partial charge in [0, 0.05) is 26.0 Å². The lowest BCUT2D eigenvalue weighted by Gasteiger charge is -2.07. The molecule has 3 aromatic rings. The third kappa shape index (κ3) is 5.45. The van der Waals surface area contributed by atoms with E-state index >= 15 is 0 Å². The van der Waals surface area contributed by atoms with Gasteiger partial charge in [0.05, 0.1) is 35.9 Å². The highest BCUT2D eigenvalue weighted by Crippen LogP contribution is 2.28. The molecule has 0 N–H and O–H groups in total. The summed E-state index contributed by atoms with van der Waals surface area (Å²) in [5, 5.41) is 0. The Labute approximate surface area is 190 Å². The zero-order valence-electron chi connectivity index (χ0n) is 18.2. The predicted octanol–water partition coefficient (Wildman–Crippen LogP) is 2.91. The van der Waals surface area contributed by atoms with E-state index in [1.165, 1.54) is 17.4 Å². The Balaban J connectivity index is 1.98. The van der Waals surface area contributed by atoms with Gasteiger partial charge < -0.3 is 18.8 Å². The van der Waals surface area contributed by atoms with Crippen molar-refractivity contribution >= 4 is 43.4 Å². The monoisotopic (exact) mass is 476 g/mol. The first-order chi connectivity index (χ1) is 15.3. The van der Waals surface area contributed by atoms with Crippen LogP contribution in [0.25, 0.3) is 16.3 Å². The largest absolute Gasteiger partial charge is 0.493 e. The number of fused-ring (bicyclic) bond motifs is 1. The summed E-state index contributed by atoms with van der Waals surface area (Å²) < 4.78 is 42.0. The van der Waals surface area contributed by atoms with E-state index in [2.05, 4.69) is 4.99 Å². The molecule has 0 bridgehead atoms. The lowest BCUT2D eigenvalue weighted by Crippen LogP contribution is -2.18. The van der Waals surface area contributed by atoms with Gasteiger partial charge in [0.15, 0.2) is 26.1 Å². The molecule has 0 unspecified atom stereocenters. The smallest absolute Gasteiger partial charge is 0.272 e. The van der Waals surface area contributed by atoms with Gasteiger partial charge in [-0.2, -0.15) is 4.99 Å². The molecule has 0 radical (unpaired) electrons. The highest BCUT2D eigenvalue weighted by atomic mass is 32.2.